The van der Waals surface area contributed by atoms with Crippen molar-refractivity contribution in [2.45, 2.75) is 45.7 Å². The molecule has 0 radical (unpaired) electrons. The number of nitrogens with zero attached hydrogens (tertiary/aromatic N) is 4. The third-order valence-corrected chi connectivity index (χ3v) is 4.39. The Morgan fingerprint density at radius 2 is 2.05 bits per heavy atom. The van der Waals surface area contributed by atoms with Crippen molar-refractivity contribution >= 4 is 5.82 Å². The highest BCUT2D eigenvalue weighted by Gasteiger charge is 2.27. The Morgan fingerprint density at radius 3 is 2.65 bits per heavy atom. The highest BCUT2D eigenvalue weighted by Crippen LogP contribution is 2.27. The summed E-state index contributed by atoms with van der Waals surface area (Å²) in [6.45, 7) is 9.68. The molecule has 0 aromatic carbocycles. The Morgan fingerprint density at radius 1 is 1.35 bits per heavy atom. The van der Waals surface area contributed by atoms with Crippen molar-refractivity contribution in [3.8, 4) is 0 Å². The maximum atomic E-state index is 6.01. The van der Waals surface area contributed by atoms with Crippen LogP contribution in [0.4, 0.5) is 5.82 Å². The highest BCUT2D eigenvalue weighted by atomic mass is 15.4. The predicted molar refractivity (Wildman–Crippen MR) is 84.2 cm³/mol. The minimum Gasteiger partial charge on any atom is -0.354 e. The fraction of sp³-hybridized carbons (Fsp3) is 0.800. The molecule has 2 atom stereocenters. The zero-order valence-electron chi connectivity index (χ0n) is 13.6. The molecule has 1 saturated heterocycles. The van der Waals surface area contributed by atoms with Gasteiger partial charge in [-0.2, -0.15) is 5.10 Å². The number of piperazine rings is 1. The monoisotopic (exact) mass is 279 g/mol. The van der Waals surface area contributed by atoms with Gasteiger partial charge in [0.1, 0.15) is 5.82 Å². The van der Waals surface area contributed by atoms with Gasteiger partial charge in [-0.25, -0.2) is 0 Å². The second-order valence-corrected chi connectivity index (χ2v) is 6.18. The summed E-state index contributed by atoms with van der Waals surface area (Å²) in [5.41, 5.74) is 8.45. The number of rotatable bonds is 4. The molecule has 2 rings (SSSR count). The zero-order valence-corrected chi connectivity index (χ0v) is 13.6. The van der Waals surface area contributed by atoms with Crippen molar-refractivity contribution < 1.29 is 0 Å². The molecule has 1 aliphatic heterocycles. The molecule has 1 fully saturated rings. The maximum Gasteiger partial charge on any atom is 0.130 e. The Hall–Kier alpha value is -1.07. The van der Waals surface area contributed by atoms with Crippen molar-refractivity contribution in [2.75, 3.05) is 31.6 Å². The van der Waals surface area contributed by atoms with Crippen molar-refractivity contribution in [3.05, 3.63) is 11.3 Å². The van der Waals surface area contributed by atoms with Gasteiger partial charge < -0.3 is 10.6 Å². The molecule has 20 heavy (non-hydrogen) atoms. The Bertz CT molecular complexity index is 451. The fourth-order valence-electron chi connectivity index (χ4n) is 3.23. The summed E-state index contributed by atoms with van der Waals surface area (Å²) < 4.78 is 2.03. The van der Waals surface area contributed by atoms with E-state index in [0.717, 1.165) is 31.7 Å². The molecule has 0 spiro atoms. The number of likely N-dealkylation sites (N-methyl/N-ethyl adjacent to an activating group) is 1. The van der Waals surface area contributed by atoms with Crippen LogP contribution in [0.25, 0.3) is 0 Å². The van der Waals surface area contributed by atoms with Crippen molar-refractivity contribution in [3.63, 3.8) is 0 Å². The van der Waals surface area contributed by atoms with E-state index in [1.165, 1.54) is 17.8 Å². The van der Waals surface area contributed by atoms with Crippen LogP contribution in [0, 0.1) is 6.92 Å². The molecule has 1 aliphatic rings. The van der Waals surface area contributed by atoms with E-state index in [1.807, 2.05) is 11.7 Å². The standard InChI is InChI=1S/C15H29N5/c1-6-13-10-20(8-7-18(13)4)15-14(9-11(2)16)12(3)17-19(15)5/h11,13H,6-10,16H2,1-5H3. The van der Waals surface area contributed by atoms with Crippen LogP contribution in [-0.2, 0) is 13.5 Å². The molecule has 2 heterocycles. The lowest BCUT2D eigenvalue weighted by molar-refractivity contribution is 0.212. The van der Waals surface area contributed by atoms with Crippen LogP contribution in [0.5, 0.6) is 0 Å². The maximum absolute atomic E-state index is 6.01. The molecule has 1 aromatic rings. The van der Waals surface area contributed by atoms with Gasteiger partial charge in [0.25, 0.3) is 0 Å². The number of nitrogens with two attached hydrogens (primary N) is 1. The quantitative estimate of drug-likeness (QED) is 0.898. The van der Waals surface area contributed by atoms with Crippen LogP contribution in [0.1, 0.15) is 31.5 Å². The predicted octanol–water partition coefficient (Wildman–Crippen LogP) is 1.15. The van der Waals surface area contributed by atoms with Crippen molar-refractivity contribution in [1.29, 1.82) is 0 Å². The van der Waals surface area contributed by atoms with Gasteiger partial charge in [0.2, 0.25) is 0 Å². The highest BCUT2D eigenvalue weighted by molar-refractivity contribution is 5.51. The lowest BCUT2D eigenvalue weighted by Crippen LogP contribution is -2.52. The lowest BCUT2D eigenvalue weighted by atomic mass is 10.1. The topological polar surface area (TPSA) is 50.3 Å². The summed E-state index contributed by atoms with van der Waals surface area (Å²) in [4.78, 5) is 4.96. The molecule has 2 N–H and O–H groups in total. The van der Waals surface area contributed by atoms with Crippen LogP contribution in [0.15, 0.2) is 0 Å². The van der Waals surface area contributed by atoms with Crippen LogP contribution in [0.2, 0.25) is 0 Å². The van der Waals surface area contributed by atoms with Gasteiger partial charge in [-0.15, -0.1) is 0 Å². The fourth-order valence-corrected chi connectivity index (χ4v) is 3.23. The molecule has 114 valence electrons. The summed E-state index contributed by atoms with van der Waals surface area (Å²) in [5, 5.41) is 4.62. The number of hydrogen-bond acceptors (Lipinski definition) is 4. The zero-order chi connectivity index (χ0) is 14.9. The largest absolute Gasteiger partial charge is 0.354 e. The average Bonchev–Trinajstić information content (AvgIpc) is 2.65. The van der Waals surface area contributed by atoms with Gasteiger partial charge in [-0.1, -0.05) is 6.92 Å². The molecule has 0 aliphatic carbocycles. The molecular weight excluding hydrogens is 250 g/mol. The molecule has 5 heteroatoms. The number of aryl methyl sites for hydroxylation is 2. The molecule has 0 saturated carbocycles. The molecule has 0 amide bonds. The smallest absolute Gasteiger partial charge is 0.130 e. The van der Waals surface area contributed by atoms with E-state index in [1.54, 1.807) is 0 Å². The van der Waals surface area contributed by atoms with Crippen LogP contribution >= 0.6 is 0 Å². The first kappa shape index (κ1) is 15.3. The average molecular weight is 279 g/mol. The second kappa shape index (κ2) is 6.14. The van der Waals surface area contributed by atoms with E-state index < -0.39 is 0 Å². The SMILES string of the molecule is CCC1CN(c2c(CC(C)N)c(C)nn2C)CCN1C. The summed E-state index contributed by atoms with van der Waals surface area (Å²) in [6, 6.07) is 0.799. The first-order valence-electron chi connectivity index (χ1n) is 7.67. The van der Waals surface area contributed by atoms with E-state index in [2.05, 4.69) is 42.7 Å². The minimum atomic E-state index is 0.172. The Balaban J connectivity index is 2.27. The first-order valence-corrected chi connectivity index (χ1v) is 7.67. The number of anilines is 1. The van der Waals surface area contributed by atoms with Gasteiger partial charge >= 0.3 is 0 Å². The molecule has 1 aromatic heterocycles. The van der Waals surface area contributed by atoms with E-state index in [4.69, 9.17) is 5.73 Å². The summed E-state index contributed by atoms with van der Waals surface area (Å²) in [5.74, 6) is 1.27. The summed E-state index contributed by atoms with van der Waals surface area (Å²) >= 11 is 0. The number of hydrogen-bond donors (Lipinski definition) is 1. The van der Waals surface area contributed by atoms with E-state index in [-0.39, 0.29) is 6.04 Å². The Kier molecular flexibility index (Phi) is 4.70. The van der Waals surface area contributed by atoms with Crippen LogP contribution < -0.4 is 10.6 Å². The van der Waals surface area contributed by atoms with Gasteiger partial charge in [0.05, 0.1) is 5.69 Å². The van der Waals surface area contributed by atoms with Crippen LogP contribution in [0.3, 0.4) is 0 Å². The summed E-state index contributed by atoms with van der Waals surface area (Å²) in [7, 11) is 4.27. The van der Waals surface area contributed by atoms with E-state index >= 15 is 0 Å². The van der Waals surface area contributed by atoms with E-state index in [9.17, 15) is 0 Å². The third kappa shape index (κ3) is 2.99. The van der Waals surface area contributed by atoms with Crippen molar-refractivity contribution in [1.82, 2.24) is 14.7 Å². The van der Waals surface area contributed by atoms with Gasteiger partial charge in [-0.3, -0.25) is 9.58 Å². The second-order valence-electron chi connectivity index (χ2n) is 6.18. The molecule has 5 nitrogen and oxygen atoms in total. The van der Waals surface area contributed by atoms with Gasteiger partial charge in [0, 0.05) is 44.3 Å². The first-order chi connectivity index (χ1) is 9.43. The van der Waals surface area contributed by atoms with Crippen molar-refractivity contribution in [2.24, 2.45) is 12.8 Å². The lowest BCUT2D eigenvalue weighted by Gasteiger charge is -2.40. The van der Waals surface area contributed by atoms with E-state index in [0.29, 0.717) is 6.04 Å². The normalized spacial score (nSPS) is 22.3. The third-order valence-electron chi connectivity index (χ3n) is 4.39. The number of aromatic nitrogens is 2. The molecular formula is C15H29N5. The minimum absolute atomic E-state index is 0.172. The molecule has 0 bridgehead atoms. The Labute approximate surface area is 122 Å². The van der Waals surface area contributed by atoms with Crippen LogP contribution in [-0.4, -0.2) is 53.4 Å². The van der Waals surface area contributed by atoms with Gasteiger partial charge in [0.15, 0.2) is 0 Å². The molecule has 2 unspecified atom stereocenters. The van der Waals surface area contributed by atoms with Gasteiger partial charge in [-0.05, 0) is 33.7 Å². The summed E-state index contributed by atoms with van der Waals surface area (Å²) in [6.07, 6.45) is 2.09.